The first-order chi connectivity index (χ1) is 31.8. The maximum Gasteiger partial charge on any atom is 0.223 e. The summed E-state index contributed by atoms with van der Waals surface area (Å²) in [4.78, 5) is 38.6. The van der Waals surface area contributed by atoms with E-state index in [1.165, 1.54) is 57.8 Å². The third-order valence-corrected chi connectivity index (χ3v) is 14.6. The van der Waals surface area contributed by atoms with Crippen molar-refractivity contribution in [2.45, 2.75) is 189 Å². The van der Waals surface area contributed by atoms with Gasteiger partial charge in [-0.05, 0) is 145 Å². The van der Waals surface area contributed by atoms with Crippen LogP contribution in [0.1, 0.15) is 171 Å². The molecule has 3 amide bonds. The highest BCUT2D eigenvalue weighted by Gasteiger charge is 2.37. The molecule has 3 saturated heterocycles. The first-order valence-electron chi connectivity index (χ1n) is 26.7. The highest BCUT2D eigenvalue weighted by molar-refractivity contribution is 5.81. The van der Waals surface area contributed by atoms with Gasteiger partial charge in [0.1, 0.15) is 0 Å². The van der Waals surface area contributed by atoms with Gasteiger partial charge in [0, 0.05) is 78.2 Å². The minimum Gasteiger partial charge on any atom is -0.396 e. The standard InChI is InChI=1S/C10H21NO2.C8H15NO.C8H16O2.2C7H13NO.C7H14O.C7H12O/c1-9-3-5-11(6-4-9)7-10(12)8-13-2;1-2-8(7(9)10)5-3-4-6-8;1-2-8(9)6-10-5-7-3-4-7;1-6-3-4-7(9)8(2)5-6;1-6-3-4-8(5-6)7(2)9;1-6-2-4-7(8)5-3-6;1-6-2-3-7(4-6)5-8/h9-10,12H,3-8H2,1-2H3;2-6H2,1H3,(H2,9,10);7-9H,2-6H2,1H3;2*6H,3-5H2,1-2H3;6-8H,2-5H2,1H3;2-3,6-8H,4-5H2,1H3/t;;;;;;6-,7+/m......1/s1. The van der Waals surface area contributed by atoms with Gasteiger partial charge in [-0.2, -0.15) is 0 Å². The molecule has 4 aliphatic carbocycles. The molecule has 13 nitrogen and oxygen atoms in total. The maximum atomic E-state index is 11.0. The number of nitrogens with zero attached hydrogens (tertiary/aromatic N) is 3. The highest BCUT2D eigenvalue weighted by Crippen LogP contribution is 2.40. The van der Waals surface area contributed by atoms with E-state index in [1.807, 2.05) is 23.8 Å². The molecule has 7 aliphatic rings. The van der Waals surface area contributed by atoms with Gasteiger partial charge < -0.3 is 50.3 Å². The first-order valence-corrected chi connectivity index (χ1v) is 26.7. The van der Waals surface area contributed by atoms with Crippen LogP contribution in [-0.2, 0) is 23.9 Å². The summed E-state index contributed by atoms with van der Waals surface area (Å²) in [5.41, 5.74) is 5.18. The van der Waals surface area contributed by atoms with E-state index in [0.29, 0.717) is 49.4 Å². The van der Waals surface area contributed by atoms with Crippen LogP contribution in [0.4, 0.5) is 0 Å². The Morgan fingerprint density at radius 2 is 1.39 bits per heavy atom. The number of methoxy groups -OCH3 is 1. The van der Waals surface area contributed by atoms with Crippen LogP contribution in [0.2, 0.25) is 0 Å². The topological polar surface area (TPSA) is 186 Å². The van der Waals surface area contributed by atoms with Crippen LogP contribution in [0.5, 0.6) is 0 Å². The molecule has 0 aromatic carbocycles. The number of likely N-dealkylation sites (tertiary alicyclic amines) is 3. The Labute approximate surface area is 409 Å². The van der Waals surface area contributed by atoms with Crippen molar-refractivity contribution in [1.29, 1.82) is 0 Å². The van der Waals surface area contributed by atoms with Gasteiger partial charge in [0.2, 0.25) is 17.7 Å². The lowest BCUT2D eigenvalue weighted by atomic mass is 9.83. The normalized spacial score (nSPS) is 27.6. The average Bonchev–Trinajstić information content (AvgIpc) is 3.60. The van der Waals surface area contributed by atoms with E-state index in [2.05, 4.69) is 58.6 Å². The minimum atomic E-state index is -0.321. The summed E-state index contributed by atoms with van der Waals surface area (Å²) in [5, 5.41) is 36.2. The third kappa shape index (κ3) is 29.6. The first kappa shape index (κ1) is 62.9. The van der Waals surface area contributed by atoms with Gasteiger partial charge in [-0.1, -0.05) is 73.5 Å². The van der Waals surface area contributed by atoms with Crippen LogP contribution in [0.15, 0.2) is 12.2 Å². The van der Waals surface area contributed by atoms with Gasteiger partial charge in [0.15, 0.2) is 0 Å². The summed E-state index contributed by atoms with van der Waals surface area (Å²) in [7, 11) is 3.50. The number of hydrogen-bond acceptors (Lipinski definition) is 10. The highest BCUT2D eigenvalue weighted by atomic mass is 16.5. The second-order valence-electron chi connectivity index (χ2n) is 21.6. The molecular weight excluding hydrogens is 849 g/mol. The van der Waals surface area contributed by atoms with Gasteiger partial charge in [0.25, 0.3) is 0 Å². The van der Waals surface area contributed by atoms with E-state index >= 15 is 0 Å². The summed E-state index contributed by atoms with van der Waals surface area (Å²) in [6.07, 6.45) is 23.6. The second kappa shape index (κ2) is 35.9. The Morgan fingerprint density at radius 1 is 0.806 bits per heavy atom. The van der Waals surface area contributed by atoms with E-state index in [-0.39, 0.29) is 35.5 Å². The van der Waals surface area contributed by atoms with Crippen molar-refractivity contribution in [2.24, 2.45) is 52.6 Å². The van der Waals surface area contributed by atoms with Crippen LogP contribution < -0.4 is 5.73 Å². The largest absolute Gasteiger partial charge is 0.396 e. The second-order valence-corrected chi connectivity index (χ2v) is 21.6. The Bertz CT molecular complexity index is 1300. The molecule has 13 heteroatoms. The molecular formula is C54H104N4O9. The molecule has 67 heavy (non-hydrogen) atoms. The molecule has 3 saturated carbocycles. The zero-order chi connectivity index (χ0) is 50.4. The number of piperidine rings is 2. The molecule has 0 bridgehead atoms. The number of carbonyl (C=O) groups excluding carboxylic acids is 3. The predicted octanol–water partition coefficient (Wildman–Crippen LogP) is 7.85. The summed E-state index contributed by atoms with van der Waals surface area (Å²) >= 11 is 0. The van der Waals surface area contributed by atoms with E-state index in [0.717, 1.165) is 121 Å². The number of nitrogens with two attached hydrogens (primary N) is 1. The Balaban J connectivity index is 0.000000393. The third-order valence-electron chi connectivity index (χ3n) is 14.6. The zero-order valence-corrected chi connectivity index (χ0v) is 44.5. The van der Waals surface area contributed by atoms with Crippen LogP contribution >= 0.6 is 0 Å². The smallest absolute Gasteiger partial charge is 0.223 e. The SMILES string of the molecule is CC(=O)N1CCC(C)C1.CC1CCC(=O)N(C)C1.CC1CCC(O)CC1.CCC(O)COCC1CC1.CCC1(C(N)=O)CCCC1.COCC(O)CN1CCC(C)CC1.C[C@@H]1C=C[C@H](CO)C1. The fourth-order valence-electron chi connectivity index (χ4n) is 9.19. The van der Waals surface area contributed by atoms with Gasteiger partial charge >= 0.3 is 0 Å². The lowest BCUT2D eigenvalue weighted by Crippen LogP contribution is -2.39. The van der Waals surface area contributed by atoms with Gasteiger partial charge in [-0.3, -0.25) is 14.4 Å². The van der Waals surface area contributed by atoms with Crippen molar-refractivity contribution >= 4 is 17.7 Å². The monoisotopic (exact) mass is 953 g/mol. The number of β-amino-alcohol motifs (C(OH)–C–C–N with tert-alkyl or cyclic N) is 1. The molecule has 4 unspecified atom stereocenters. The molecule has 0 radical (unpaired) electrons. The summed E-state index contributed by atoms with van der Waals surface area (Å²) < 4.78 is 10.1. The molecule has 0 aromatic heterocycles. The van der Waals surface area contributed by atoms with E-state index in [4.69, 9.17) is 30.5 Å². The number of primary amides is 1. The van der Waals surface area contributed by atoms with Crippen molar-refractivity contribution in [2.75, 3.05) is 79.9 Å². The van der Waals surface area contributed by atoms with Crippen molar-refractivity contribution in [3.8, 4) is 0 Å². The number of rotatable bonds is 12. The number of hydrogen-bond donors (Lipinski definition) is 5. The lowest BCUT2D eigenvalue weighted by Gasteiger charge is -2.31. The molecule has 3 aliphatic heterocycles. The Morgan fingerprint density at radius 3 is 1.76 bits per heavy atom. The van der Waals surface area contributed by atoms with Gasteiger partial charge in [0.05, 0.1) is 31.5 Å². The van der Waals surface area contributed by atoms with E-state index < -0.39 is 0 Å². The Kier molecular flexibility index (Phi) is 33.7. The Hall–Kier alpha value is -2.13. The molecule has 0 spiro atoms. The number of amides is 3. The predicted molar refractivity (Wildman–Crippen MR) is 272 cm³/mol. The quantitative estimate of drug-likeness (QED) is 0.121. The van der Waals surface area contributed by atoms with Crippen LogP contribution in [0, 0.1) is 46.8 Å². The maximum absolute atomic E-state index is 11.0. The molecule has 6 atom stereocenters. The molecule has 6 fully saturated rings. The zero-order valence-electron chi connectivity index (χ0n) is 44.5. The number of carbonyl (C=O) groups is 3. The fraction of sp³-hybridized carbons (Fsp3) is 0.907. The van der Waals surface area contributed by atoms with Crippen LogP contribution in [-0.4, -0.2) is 151 Å². The number of ether oxygens (including phenoxy) is 2. The number of allylic oxidation sites excluding steroid dienone is 1. The molecule has 394 valence electrons. The minimum absolute atomic E-state index is 0.0196. The van der Waals surface area contributed by atoms with Crippen molar-refractivity contribution in [3.05, 3.63) is 12.2 Å². The van der Waals surface area contributed by atoms with Crippen molar-refractivity contribution < 1.29 is 44.3 Å². The fourth-order valence-corrected chi connectivity index (χ4v) is 9.19. The molecule has 6 N–H and O–H groups in total. The summed E-state index contributed by atoms with van der Waals surface area (Å²) in [5.74, 6) is 5.51. The van der Waals surface area contributed by atoms with Crippen LogP contribution in [0.3, 0.4) is 0 Å². The van der Waals surface area contributed by atoms with E-state index in [1.54, 1.807) is 14.0 Å². The summed E-state index contributed by atoms with van der Waals surface area (Å²) in [6.45, 7) is 24.8. The van der Waals surface area contributed by atoms with Gasteiger partial charge in [-0.15, -0.1) is 0 Å². The van der Waals surface area contributed by atoms with Crippen molar-refractivity contribution in [3.63, 3.8) is 0 Å². The number of aliphatic hydroxyl groups is 4. The average molecular weight is 953 g/mol. The van der Waals surface area contributed by atoms with Crippen molar-refractivity contribution in [1.82, 2.24) is 14.7 Å². The molecule has 0 aromatic rings. The van der Waals surface area contributed by atoms with Crippen LogP contribution in [0.25, 0.3) is 0 Å². The van der Waals surface area contributed by atoms with E-state index in [9.17, 15) is 19.5 Å². The van der Waals surface area contributed by atoms with Gasteiger partial charge in [-0.25, -0.2) is 0 Å². The molecule has 7 rings (SSSR count). The summed E-state index contributed by atoms with van der Waals surface area (Å²) in [6, 6.07) is 0. The lowest BCUT2D eigenvalue weighted by molar-refractivity contribution is -0.133. The molecule has 3 heterocycles. The number of aliphatic hydroxyl groups excluding tert-OH is 4.